The SMILES string of the molecule is CCOC(=O)C(F)(F)Oc1ccc(Br)cc1.Oc1ccc(Br)cc1. The van der Waals surface area contributed by atoms with Crippen LogP contribution in [-0.4, -0.2) is 23.8 Å². The van der Waals surface area contributed by atoms with Gasteiger partial charge in [-0.2, -0.15) is 8.78 Å². The molecule has 0 aromatic heterocycles. The van der Waals surface area contributed by atoms with E-state index in [1.807, 2.05) is 0 Å². The number of phenols is 1. The van der Waals surface area contributed by atoms with Gasteiger partial charge in [0.25, 0.3) is 0 Å². The van der Waals surface area contributed by atoms with Crippen LogP contribution in [0.15, 0.2) is 57.5 Å². The van der Waals surface area contributed by atoms with Crippen molar-refractivity contribution in [1.29, 1.82) is 0 Å². The van der Waals surface area contributed by atoms with Crippen LogP contribution >= 0.6 is 31.9 Å². The molecule has 1 N–H and O–H groups in total. The quantitative estimate of drug-likeness (QED) is 0.632. The zero-order chi connectivity index (χ0) is 18.2. The van der Waals surface area contributed by atoms with Crippen LogP contribution in [-0.2, 0) is 9.53 Å². The lowest BCUT2D eigenvalue weighted by atomic mass is 10.3. The number of rotatable bonds is 4. The van der Waals surface area contributed by atoms with Gasteiger partial charge in [0, 0.05) is 8.95 Å². The van der Waals surface area contributed by atoms with Gasteiger partial charge in [0.05, 0.1) is 6.61 Å². The molecule has 0 atom stereocenters. The van der Waals surface area contributed by atoms with Crippen LogP contribution in [0, 0.1) is 0 Å². The van der Waals surface area contributed by atoms with Gasteiger partial charge in [-0.15, -0.1) is 0 Å². The van der Waals surface area contributed by atoms with Crippen LogP contribution in [0.4, 0.5) is 8.78 Å². The van der Waals surface area contributed by atoms with Crippen molar-refractivity contribution in [2.45, 2.75) is 13.0 Å². The highest BCUT2D eigenvalue weighted by molar-refractivity contribution is 9.10. The number of esters is 1. The first kappa shape index (κ1) is 20.4. The summed E-state index contributed by atoms with van der Waals surface area (Å²) in [6, 6.07) is 12.5. The maximum absolute atomic E-state index is 13.1. The Hall–Kier alpha value is -1.67. The van der Waals surface area contributed by atoms with E-state index < -0.39 is 12.1 Å². The van der Waals surface area contributed by atoms with Crippen molar-refractivity contribution in [3.8, 4) is 11.5 Å². The van der Waals surface area contributed by atoms with Gasteiger partial charge in [-0.3, -0.25) is 0 Å². The number of aromatic hydroxyl groups is 1. The highest BCUT2D eigenvalue weighted by atomic mass is 79.9. The molecule has 8 heteroatoms. The lowest BCUT2D eigenvalue weighted by Gasteiger charge is -2.15. The number of carbonyl (C=O) groups is 1. The largest absolute Gasteiger partial charge is 0.508 e. The van der Waals surface area contributed by atoms with E-state index in [0.29, 0.717) is 5.75 Å². The van der Waals surface area contributed by atoms with Gasteiger partial charge in [-0.1, -0.05) is 31.9 Å². The predicted molar refractivity (Wildman–Crippen MR) is 92.2 cm³/mol. The number of benzene rings is 2. The number of phenolic OH excluding ortho intramolecular Hbond substituents is 1. The van der Waals surface area contributed by atoms with Crippen molar-refractivity contribution in [3.05, 3.63) is 57.5 Å². The minimum Gasteiger partial charge on any atom is -0.508 e. The summed E-state index contributed by atoms with van der Waals surface area (Å²) in [4.78, 5) is 10.8. The normalized spacial score (nSPS) is 10.4. The first-order valence-corrected chi connectivity index (χ1v) is 8.27. The summed E-state index contributed by atoms with van der Waals surface area (Å²) in [5.74, 6) is -1.51. The molecule has 0 heterocycles. The Balaban J connectivity index is 0.000000300. The van der Waals surface area contributed by atoms with Crippen molar-refractivity contribution >= 4 is 37.8 Å². The van der Waals surface area contributed by atoms with E-state index in [4.69, 9.17) is 5.11 Å². The Kier molecular flexibility index (Phi) is 8.14. The van der Waals surface area contributed by atoms with E-state index in [1.165, 1.54) is 31.2 Å². The van der Waals surface area contributed by atoms with E-state index >= 15 is 0 Å². The van der Waals surface area contributed by atoms with Gasteiger partial charge in [-0.05, 0) is 55.5 Å². The highest BCUT2D eigenvalue weighted by Gasteiger charge is 2.44. The Bertz CT molecular complexity index is 625. The fraction of sp³-hybridized carbons (Fsp3) is 0.188. The molecule has 0 aliphatic rings. The molecular formula is C16H14Br2F2O4. The summed E-state index contributed by atoms with van der Waals surface area (Å²) < 4.78 is 36.3. The van der Waals surface area contributed by atoms with Gasteiger partial charge < -0.3 is 14.6 Å². The molecular weight excluding hydrogens is 454 g/mol. The Morgan fingerprint density at radius 3 is 1.92 bits per heavy atom. The van der Waals surface area contributed by atoms with Crippen molar-refractivity contribution < 1.29 is 28.2 Å². The van der Waals surface area contributed by atoms with E-state index in [1.54, 1.807) is 24.3 Å². The summed E-state index contributed by atoms with van der Waals surface area (Å²) in [5, 5.41) is 8.74. The number of hydrogen-bond acceptors (Lipinski definition) is 4. The van der Waals surface area contributed by atoms with Gasteiger partial charge in [0.2, 0.25) is 0 Å². The molecule has 4 nitrogen and oxygen atoms in total. The number of ether oxygens (including phenoxy) is 2. The Morgan fingerprint density at radius 2 is 1.50 bits per heavy atom. The molecule has 24 heavy (non-hydrogen) atoms. The van der Waals surface area contributed by atoms with Crippen LogP contribution in [0.2, 0.25) is 0 Å². The van der Waals surface area contributed by atoms with Crippen LogP contribution in [0.3, 0.4) is 0 Å². The summed E-state index contributed by atoms with van der Waals surface area (Å²) in [5.41, 5.74) is 0. The summed E-state index contributed by atoms with van der Waals surface area (Å²) in [7, 11) is 0. The van der Waals surface area contributed by atoms with Gasteiger partial charge >= 0.3 is 12.1 Å². The molecule has 0 bridgehead atoms. The molecule has 0 unspecified atom stereocenters. The van der Waals surface area contributed by atoms with Crippen molar-refractivity contribution in [1.82, 2.24) is 0 Å². The number of carbonyl (C=O) groups excluding carboxylic acids is 1. The van der Waals surface area contributed by atoms with Crippen molar-refractivity contribution in [2.24, 2.45) is 0 Å². The fourth-order valence-corrected chi connectivity index (χ4v) is 1.88. The molecule has 0 spiro atoms. The lowest BCUT2D eigenvalue weighted by molar-refractivity contribution is -0.216. The summed E-state index contributed by atoms with van der Waals surface area (Å²) in [6.45, 7) is 1.31. The summed E-state index contributed by atoms with van der Waals surface area (Å²) >= 11 is 6.38. The molecule has 2 aromatic carbocycles. The lowest BCUT2D eigenvalue weighted by Crippen LogP contribution is -2.36. The molecule has 0 fully saturated rings. The highest BCUT2D eigenvalue weighted by Crippen LogP contribution is 2.24. The molecule has 130 valence electrons. The standard InChI is InChI=1S/C10H9BrF2O3.C6H5BrO/c1-2-15-9(14)10(12,13)16-8-5-3-7(11)4-6-8;7-5-1-3-6(8)4-2-5/h3-6H,2H2,1H3;1-4,8H. The molecule has 0 aliphatic heterocycles. The van der Waals surface area contributed by atoms with Crippen molar-refractivity contribution in [3.63, 3.8) is 0 Å². The van der Waals surface area contributed by atoms with Crippen LogP contribution < -0.4 is 4.74 Å². The molecule has 0 saturated heterocycles. The maximum atomic E-state index is 13.1. The molecule has 0 saturated carbocycles. The fourth-order valence-electron chi connectivity index (χ4n) is 1.35. The van der Waals surface area contributed by atoms with Gasteiger partial charge in [-0.25, -0.2) is 4.79 Å². The Morgan fingerprint density at radius 1 is 1.04 bits per heavy atom. The Labute approximate surface area is 154 Å². The number of hydrogen-bond donors (Lipinski definition) is 1. The van der Waals surface area contributed by atoms with E-state index in [9.17, 15) is 13.6 Å². The molecule has 2 aromatic rings. The third kappa shape index (κ3) is 7.27. The molecule has 0 aliphatic carbocycles. The molecule has 2 rings (SSSR count). The average molecular weight is 468 g/mol. The molecule has 0 radical (unpaired) electrons. The van der Waals surface area contributed by atoms with E-state index in [-0.39, 0.29) is 12.4 Å². The second-order valence-electron chi connectivity index (χ2n) is 4.27. The first-order valence-electron chi connectivity index (χ1n) is 6.68. The zero-order valence-corrected chi connectivity index (χ0v) is 15.7. The average Bonchev–Trinajstić information content (AvgIpc) is 2.53. The second-order valence-corrected chi connectivity index (χ2v) is 6.10. The van der Waals surface area contributed by atoms with Crippen molar-refractivity contribution in [2.75, 3.05) is 6.61 Å². The van der Waals surface area contributed by atoms with Gasteiger partial charge in [0.15, 0.2) is 0 Å². The van der Waals surface area contributed by atoms with Crippen LogP contribution in [0.5, 0.6) is 11.5 Å². The minimum atomic E-state index is -3.97. The van der Waals surface area contributed by atoms with E-state index in [0.717, 1.165) is 8.95 Å². The molecule has 0 amide bonds. The smallest absolute Gasteiger partial charge is 0.502 e. The third-order valence-corrected chi connectivity index (χ3v) is 3.46. The number of alkyl halides is 2. The van der Waals surface area contributed by atoms with Gasteiger partial charge in [0.1, 0.15) is 11.5 Å². The topological polar surface area (TPSA) is 55.8 Å². The minimum absolute atomic E-state index is 0.110. The predicted octanol–water partition coefficient (Wildman–Crippen LogP) is 5.14. The maximum Gasteiger partial charge on any atom is 0.502 e. The zero-order valence-electron chi connectivity index (χ0n) is 12.5. The monoisotopic (exact) mass is 466 g/mol. The third-order valence-electron chi connectivity index (χ3n) is 2.40. The van der Waals surface area contributed by atoms with E-state index in [2.05, 4.69) is 41.3 Å². The van der Waals surface area contributed by atoms with Crippen LogP contribution in [0.25, 0.3) is 0 Å². The second kappa shape index (κ2) is 9.58. The van der Waals surface area contributed by atoms with Crippen LogP contribution in [0.1, 0.15) is 6.92 Å². The summed E-state index contributed by atoms with van der Waals surface area (Å²) in [6.07, 6.45) is -3.97. The number of halogens is 4. The first-order chi connectivity index (χ1) is 11.2.